The number of carbonyl (C=O) groups is 3. The van der Waals surface area contributed by atoms with Crippen LogP contribution in [0.25, 0.3) is 11.1 Å². The molecule has 4 aromatic rings. The molecule has 7 nitrogen and oxygen atoms in total. The number of nitrogens with one attached hydrogen (secondary N) is 2. The van der Waals surface area contributed by atoms with Crippen molar-refractivity contribution >= 4 is 51.6 Å². The zero-order chi connectivity index (χ0) is 26.4. The lowest BCUT2D eigenvalue weighted by molar-refractivity contribution is -0.115. The van der Waals surface area contributed by atoms with E-state index in [-0.39, 0.29) is 24.2 Å². The minimum absolute atomic E-state index is 0.212. The van der Waals surface area contributed by atoms with Crippen LogP contribution in [-0.4, -0.2) is 29.6 Å². The molecule has 4 rings (SSSR count). The van der Waals surface area contributed by atoms with Crippen LogP contribution < -0.4 is 10.6 Å². The average molecular weight is 535 g/mol. The standard InChI is InChI=1S/C28H26N2O5S2/c1-4-34-28(33)24-22(19-12-10-17(2)11-13-19)16-36-27(24)30-25(31)18(3)37-21-8-5-7-20(15-21)29-26(32)23-9-6-14-35-23/h5-16,18H,4H2,1-3H3,(H,29,32)(H,30,31). The highest BCUT2D eigenvalue weighted by Gasteiger charge is 2.24. The number of aryl methyl sites for hydroxylation is 1. The second kappa shape index (κ2) is 11.9. The second-order valence-corrected chi connectivity index (χ2v) is 10.4. The number of esters is 1. The monoisotopic (exact) mass is 534 g/mol. The molecular formula is C28H26N2O5S2. The van der Waals surface area contributed by atoms with Crippen molar-refractivity contribution in [2.75, 3.05) is 17.2 Å². The van der Waals surface area contributed by atoms with Crippen LogP contribution in [0.2, 0.25) is 0 Å². The van der Waals surface area contributed by atoms with Gasteiger partial charge in [-0.15, -0.1) is 23.1 Å². The summed E-state index contributed by atoms with van der Waals surface area (Å²) in [6, 6.07) is 18.3. The Balaban J connectivity index is 1.48. The Bertz CT molecular complexity index is 1390. The molecule has 2 aromatic heterocycles. The minimum Gasteiger partial charge on any atom is -0.462 e. The lowest BCUT2D eigenvalue weighted by Crippen LogP contribution is -2.23. The summed E-state index contributed by atoms with van der Waals surface area (Å²) in [6.45, 7) is 5.76. The third kappa shape index (κ3) is 6.49. The van der Waals surface area contributed by atoms with Crippen molar-refractivity contribution < 1.29 is 23.5 Å². The van der Waals surface area contributed by atoms with Gasteiger partial charge >= 0.3 is 5.97 Å². The molecule has 2 heterocycles. The number of carbonyl (C=O) groups excluding carboxylic acids is 3. The van der Waals surface area contributed by atoms with E-state index in [2.05, 4.69) is 10.6 Å². The first-order valence-electron chi connectivity index (χ1n) is 11.6. The predicted molar refractivity (Wildman–Crippen MR) is 148 cm³/mol. The molecule has 0 fully saturated rings. The Morgan fingerprint density at radius 2 is 1.84 bits per heavy atom. The Hall–Kier alpha value is -3.82. The third-order valence-electron chi connectivity index (χ3n) is 5.39. The molecule has 190 valence electrons. The third-order valence-corrected chi connectivity index (χ3v) is 7.38. The van der Waals surface area contributed by atoms with E-state index in [1.165, 1.54) is 29.4 Å². The van der Waals surface area contributed by atoms with E-state index < -0.39 is 11.2 Å². The molecule has 2 amide bonds. The molecule has 9 heteroatoms. The van der Waals surface area contributed by atoms with Crippen molar-refractivity contribution in [1.82, 2.24) is 0 Å². The number of ether oxygens (including phenoxy) is 1. The molecule has 0 spiro atoms. The van der Waals surface area contributed by atoms with Crippen LogP contribution in [0.5, 0.6) is 0 Å². The average Bonchev–Trinajstić information content (AvgIpc) is 3.56. The predicted octanol–water partition coefficient (Wildman–Crippen LogP) is 6.86. The molecule has 0 aliphatic carbocycles. The Kier molecular flexibility index (Phi) is 8.47. The van der Waals surface area contributed by atoms with Crippen LogP contribution in [0.1, 0.15) is 40.3 Å². The van der Waals surface area contributed by atoms with Gasteiger partial charge in [-0.3, -0.25) is 9.59 Å². The fraction of sp³-hybridized carbons (Fsp3) is 0.179. The van der Waals surface area contributed by atoms with Crippen LogP contribution >= 0.6 is 23.1 Å². The molecule has 0 aliphatic rings. The number of hydrogen-bond acceptors (Lipinski definition) is 7. The smallest absolute Gasteiger partial charge is 0.341 e. The van der Waals surface area contributed by atoms with E-state index >= 15 is 0 Å². The van der Waals surface area contributed by atoms with Gasteiger partial charge in [0.15, 0.2) is 5.76 Å². The molecule has 37 heavy (non-hydrogen) atoms. The van der Waals surface area contributed by atoms with Crippen LogP contribution in [0.15, 0.2) is 81.6 Å². The van der Waals surface area contributed by atoms with Crippen molar-refractivity contribution in [3.05, 3.63) is 89.2 Å². The van der Waals surface area contributed by atoms with Crippen LogP contribution in [0, 0.1) is 6.92 Å². The van der Waals surface area contributed by atoms with Gasteiger partial charge in [-0.25, -0.2) is 4.79 Å². The first-order valence-corrected chi connectivity index (χ1v) is 13.4. The zero-order valence-electron chi connectivity index (χ0n) is 20.6. The number of thioether (sulfide) groups is 1. The summed E-state index contributed by atoms with van der Waals surface area (Å²) in [6.07, 6.45) is 1.44. The fourth-order valence-corrected chi connectivity index (χ4v) is 5.41. The summed E-state index contributed by atoms with van der Waals surface area (Å²) in [4.78, 5) is 39.0. The van der Waals surface area contributed by atoms with E-state index in [4.69, 9.17) is 9.15 Å². The quantitative estimate of drug-likeness (QED) is 0.180. The second-order valence-electron chi connectivity index (χ2n) is 8.15. The number of anilines is 2. The zero-order valence-corrected chi connectivity index (χ0v) is 22.2. The maximum atomic E-state index is 13.1. The molecule has 0 radical (unpaired) electrons. The Labute approximate surface area is 223 Å². The van der Waals surface area contributed by atoms with Crippen molar-refractivity contribution in [2.24, 2.45) is 0 Å². The summed E-state index contributed by atoms with van der Waals surface area (Å²) >= 11 is 2.63. The maximum absolute atomic E-state index is 13.1. The van der Waals surface area contributed by atoms with Gasteiger partial charge in [0.05, 0.1) is 18.1 Å². The molecule has 0 saturated heterocycles. The van der Waals surface area contributed by atoms with Crippen molar-refractivity contribution in [3.8, 4) is 11.1 Å². The Morgan fingerprint density at radius 3 is 2.54 bits per heavy atom. The number of furan rings is 1. The van der Waals surface area contributed by atoms with Crippen molar-refractivity contribution in [2.45, 2.75) is 30.9 Å². The van der Waals surface area contributed by atoms with Gasteiger partial charge in [0.1, 0.15) is 10.6 Å². The van der Waals surface area contributed by atoms with Gasteiger partial charge in [0, 0.05) is 21.5 Å². The first-order chi connectivity index (χ1) is 17.9. The van der Waals surface area contributed by atoms with Gasteiger partial charge in [0.2, 0.25) is 5.91 Å². The van der Waals surface area contributed by atoms with Gasteiger partial charge in [-0.05, 0) is 56.7 Å². The number of thiophene rings is 1. The van der Waals surface area contributed by atoms with Crippen LogP contribution in [0.4, 0.5) is 10.7 Å². The molecular weight excluding hydrogens is 508 g/mol. The Morgan fingerprint density at radius 1 is 1.05 bits per heavy atom. The van der Waals surface area contributed by atoms with Crippen molar-refractivity contribution in [1.29, 1.82) is 0 Å². The van der Waals surface area contributed by atoms with Gasteiger partial charge in [0.25, 0.3) is 5.91 Å². The summed E-state index contributed by atoms with van der Waals surface area (Å²) in [7, 11) is 0. The summed E-state index contributed by atoms with van der Waals surface area (Å²) in [5, 5.41) is 7.53. The topological polar surface area (TPSA) is 97.6 Å². The first kappa shape index (κ1) is 26.2. The molecule has 1 unspecified atom stereocenters. The molecule has 2 aromatic carbocycles. The summed E-state index contributed by atoms with van der Waals surface area (Å²) < 4.78 is 10.4. The normalized spacial score (nSPS) is 11.5. The molecule has 0 bridgehead atoms. The van der Waals surface area contributed by atoms with Gasteiger partial charge < -0.3 is 19.8 Å². The van der Waals surface area contributed by atoms with Crippen molar-refractivity contribution in [3.63, 3.8) is 0 Å². The van der Waals surface area contributed by atoms with E-state index in [1.807, 2.05) is 42.6 Å². The molecule has 0 aliphatic heterocycles. The van der Waals surface area contributed by atoms with E-state index in [0.717, 1.165) is 21.6 Å². The molecule has 2 N–H and O–H groups in total. The lowest BCUT2D eigenvalue weighted by atomic mass is 10.0. The number of benzene rings is 2. The fourth-order valence-electron chi connectivity index (χ4n) is 3.52. The summed E-state index contributed by atoms with van der Waals surface area (Å²) in [5.41, 5.74) is 3.65. The minimum atomic E-state index is -0.477. The van der Waals surface area contributed by atoms with Crippen LogP contribution in [-0.2, 0) is 9.53 Å². The SMILES string of the molecule is CCOC(=O)c1c(-c2ccc(C)cc2)csc1NC(=O)C(C)Sc1cccc(NC(=O)c2ccco2)c1. The molecule has 1 atom stereocenters. The van der Waals surface area contributed by atoms with Crippen LogP contribution in [0.3, 0.4) is 0 Å². The van der Waals surface area contributed by atoms with Gasteiger partial charge in [-0.1, -0.05) is 35.9 Å². The van der Waals surface area contributed by atoms with Gasteiger partial charge in [-0.2, -0.15) is 0 Å². The number of rotatable bonds is 9. The highest BCUT2D eigenvalue weighted by atomic mass is 32.2. The number of hydrogen-bond donors (Lipinski definition) is 2. The van der Waals surface area contributed by atoms with E-state index in [0.29, 0.717) is 16.3 Å². The largest absolute Gasteiger partial charge is 0.462 e. The highest BCUT2D eigenvalue weighted by molar-refractivity contribution is 8.00. The number of amides is 2. The van der Waals surface area contributed by atoms with E-state index in [1.54, 1.807) is 44.2 Å². The summed E-state index contributed by atoms with van der Waals surface area (Å²) in [5.74, 6) is -0.872. The molecule has 0 saturated carbocycles. The highest BCUT2D eigenvalue weighted by Crippen LogP contribution is 2.37. The van der Waals surface area contributed by atoms with E-state index in [9.17, 15) is 14.4 Å². The lowest BCUT2D eigenvalue weighted by Gasteiger charge is -2.13. The maximum Gasteiger partial charge on any atom is 0.341 e.